The first kappa shape index (κ1) is 11.5. The molecule has 0 saturated heterocycles. The van der Waals surface area contributed by atoms with Crippen LogP contribution in [0.5, 0.6) is 0 Å². The molecule has 0 unspecified atom stereocenters. The van der Waals surface area contributed by atoms with Crippen LogP contribution in [0.15, 0.2) is 41.1 Å². The summed E-state index contributed by atoms with van der Waals surface area (Å²) in [6.45, 7) is 0.405. The second-order valence-electron chi connectivity index (χ2n) is 3.42. The normalized spacial score (nSPS) is 11.5. The molecule has 0 aliphatic heterocycles. The van der Waals surface area contributed by atoms with E-state index in [1.54, 1.807) is 6.07 Å². The van der Waals surface area contributed by atoms with Gasteiger partial charge in [0.05, 0.1) is 12.1 Å². The Hall–Kier alpha value is -1.98. The Labute approximate surface area is 95.2 Å². The molecular formula is C11H9F3N2O. The minimum absolute atomic E-state index is 0.405. The molecule has 0 amide bonds. The van der Waals surface area contributed by atoms with Crippen molar-refractivity contribution in [2.24, 2.45) is 0 Å². The largest absolute Gasteiger partial charge is 0.416 e. The molecule has 2 aromatic rings. The fraction of sp³-hybridized carbons (Fsp3) is 0.182. The van der Waals surface area contributed by atoms with E-state index in [4.69, 9.17) is 0 Å². The summed E-state index contributed by atoms with van der Waals surface area (Å²) in [5.41, 5.74) is 0.621. The molecule has 1 aromatic heterocycles. The number of benzene rings is 1. The summed E-state index contributed by atoms with van der Waals surface area (Å²) in [4.78, 5) is 0. The van der Waals surface area contributed by atoms with Crippen LogP contribution in [-0.4, -0.2) is 5.16 Å². The van der Waals surface area contributed by atoms with Gasteiger partial charge in [0.25, 0.3) is 0 Å². The number of nitrogens with zero attached hydrogens (tertiary/aromatic N) is 1. The smallest absolute Gasteiger partial charge is 0.379 e. The molecule has 0 bridgehead atoms. The molecular weight excluding hydrogens is 233 g/mol. The maximum Gasteiger partial charge on any atom is 0.416 e. The van der Waals surface area contributed by atoms with Crippen molar-refractivity contribution in [2.45, 2.75) is 12.7 Å². The number of halogens is 3. The zero-order valence-corrected chi connectivity index (χ0v) is 8.66. The van der Waals surface area contributed by atoms with E-state index in [1.165, 1.54) is 18.4 Å². The van der Waals surface area contributed by atoms with Gasteiger partial charge in [-0.05, 0) is 24.3 Å². The molecule has 0 saturated carbocycles. The Bertz CT molecular complexity index is 462. The topological polar surface area (TPSA) is 38.1 Å². The molecule has 6 heteroatoms. The van der Waals surface area contributed by atoms with Gasteiger partial charge >= 0.3 is 6.18 Å². The number of hydrogen-bond acceptors (Lipinski definition) is 3. The van der Waals surface area contributed by atoms with Crippen molar-refractivity contribution >= 4 is 5.69 Å². The highest BCUT2D eigenvalue weighted by atomic mass is 19.4. The van der Waals surface area contributed by atoms with E-state index in [-0.39, 0.29) is 0 Å². The molecule has 0 fully saturated rings. The average Bonchev–Trinajstić information content (AvgIpc) is 2.78. The molecule has 0 spiro atoms. The van der Waals surface area contributed by atoms with E-state index in [0.717, 1.165) is 12.1 Å². The number of anilines is 1. The lowest BCUT2D eigenvalue weighted by Crippen LogP contribution is -2.05. The van der Waals surface area contributed by atoms with Crippen molar-refractivity contribution < 1.29 is 17.7 Å². The summed E-state index contributed by atoms with van der Waals surface area (Å²) in [5.74, 6) is 0. The Morgan fingerprint density at radius 3 is 2.35 bits per heavy atom. The van der Waals surface area contributed by atoms with Crippen molar-refractivity contribution in [1.82, 2.24) is 5.16 Å². The van der Waals surface area contributed by atoms with E-state index >= 15 is 0 Å². The van der Waals surface area contributed by atoms with Crippen LogP contribution in [0.25, 0.3) is 0 Å². The van der Waals surface area contributed by atoms with Crippen molar-refractivity contribution in [3.63, 3.8) is 0 Å². The van der Waals surface area contributed by atoms with Crippen molar-refractivity contribution in [3.05, 3.63) is 47.9 Å². The van der Waals surface area contributed by atoms with Gasteiger partial charge in [0.2, 0.25) is 0 Å². The maximum atomic E-state index is 12.3. The van der Waals surface area contributed by atoms with Gasteiger partial charge in [0.1, 0.15) is 12.0 Å². The second kappa shape index (κ2) is 4.48. The van der Waals surface area contributed by atoms with Gasteiger partial charge in [0.15, 0.2) is 0 Å². The third-order valence-corrected chi connectivity index (χ3v) is 2.18. The van der Waals surface area contributed by atoms with Crippen molar-refractivity contribution in [3.8, 4) is 0 Å². The lowest BCUT2D eigenvalue weighted by atomic mass is 10.2. The van der Waals surface area contributed by atoms with Gasteiger partial charge in [-0.2, -0.15) is 13.2 Å². The zero-order valence-electron chi connectivity index (χ0n) is 8.66. The number of rotatable bonds is 3. The summed E-state index contributed by atoms with van der Waals surface area (Å²) in [7, 11) is 0. The first-order valence-electron chi connectivity index (χ1n) is 4.86. The fourth-order valence-electron chi connectivity index (χ4n) is 1.30. The quantitative estimate of drug-likeness (QED) is 0.897. The van der Waals surface area contributed by atoms with Crippen molar-refractivity contribution in [1.29, 1.82) is 0 Å². The van der Waals surface area contributed by atoms with Gasteiger partial charge in [-0.3, -0.25) is 0 Å². The number of alkyl halides is 3. The Balaban J connectivity index is 1.99. The molecule has 0 aliphatic rings. The van der Waals surface area contributed by atoms with E-state index in [9.17, 15) is 13.2 Å². The summed E-state index contributed by atoms with van der Waals surface area (Å²) in [6.07, 6.45) is -2.87. The molecule has 17 heavy (non-hydrogen) atoms. The summed E-state index contributed by atoms with van der Waals surface area (Å²) in [5, 5.41) is 6.61. The van der Waals surface area contributed by atoms with Crippen LogP contribution < -0.4 is 5.32 Å². The van der Waals surface area contributed by atoms with Crippen LogP contribution in [0.3, 0.4) is 0 Å². The summed E-state index contributed by atoms with van der Waals surface area (Å²) < 4.78 is 41.5. The average molecular weight is 242 g/mol. The highest BCUT2D eigenvalue weighted by Crippen LogP contribution is 2.29. The van der Waals surface area contributed by atoms with Gasteiger partial charge in [-0.25, -0.2) is 0 Å². The second-order valence-corrected chi connectivity index (χ2v) is 3.42. The minimum atomic E-state index is -4.30. The lowest BCUT2D eigenvalue weighted by molar-refractivity contribution is -0.137. The molecule has 90 valence electrons. The summed E-state index contributed by atoms with van der Waals surface area (Å²) >= 11 is 0. The number of aromatic nitrogens is 1. The molecule has 0 aliphatic carbocycles. The molecule has 1 heterocycles. The zero-order chi connectivity index (χ0) is 12.3. The van der Waals surface area contributed by atoms with Gasteiger partial charge in [0, 0.05) is 11.8 Å². The third-order valence-electron chi connectivity index (χ3n) is 2.18. The van der Waals surface area contributed by atoms with E-state index in [0.29, 0.717) is 17.9 Å². The monoisotopic (exact) mass is 242 g/mol. The van der Waals surface area contributed by atoms with E-state index in [2.05, 4.69) is 15.0 Å². The number of nitrogens with one attached hydrogen (secondary N) is 1. The Kier molecular flexibility index (Phi) is 3.03. The Morgan fingerprint density at radius 2 is 1.82 bits per heavy atom. The van der Waals surface area contributed by atoms with Crippen LogP contribution in [0.1, 0.15) is 11.3 Å². The van der Waals surface area contributed by atoms with Gasteiger partial charge in [-0.15, -0.1) is 0 Å². The van der Waals surface area contributed by atoms with Crippen LogP contribution in [0.2, 0.25) is 0 Å². The fourth-order valence-corrected chi connectivity index (χ4v) is 1.30. The lowest BCUT2D eigenvalue weighted by Gasteiger charge is -2.08. The molecule has 3 nitrogen and oxygen atoms in total. The first-order chi connectivity index (χ1) is 8.05. The van der Waals surface area contributed by atoms with Crippen LogP contribution in [0, 0.1) is 0 Å². The van der Waals surface area contributed by atoms with E-state index < -0.39 is 11.7 Å². The highest BCUT2D eigenvalue weighted by molar-refractivity contribution is 5.45. The predicted octanol–water partition coefficient (Wildman–Crippen LogP) is 3.31. The van der Waals surface area contributed by atoms with Crippen LogP contribution in [-0.2, 0) is 12.7 Å². The first-order valence-corrected chi connectivity index (χ1v) is 4.86. The van der Waals surface area contributed by atoms with Crippen molar-refractivity contribution in [2.75, 3.05) is 5.32 Å². The summed E-state index contributed by atoms with van der Waals surface area (Å²) in [6, 6.07) is 6.50. The molecule has 1 N–H and O–H groups in total. The Morgan fingerprint density at radius 1 is 1.12 bits per heavy atom. The standard InChI is InChI=1S/C11H9F3N2O/c12-11(13,14)8-1-3-9(4-2-8)15-7-10-5-6-17-16-10/h1-6,15H,7H2. The molecule has 2 rings (SSSR count). The molecule has 1 aromatic carbocycles. The van der Waals surface area contributed by atoms with E-state index in [1.807, 2.05) is 0 Å². The number of hydrogen-bond donors (Lipinski definition) is 1. The third kappa shape index (κ3) is 2.99. The van der Waals surface area contributed by atoms with Gasteiger partial charge in [-0.1, -0.05) is 5.16 Å². The van der Waals surface area contributed by atoms with Crippen LogP contribution >= 0.6 is 0 Å². The minimum Gasteiger partial charge on any atom is -0.379 e. The predicted molar refractivity (Wildman–Crippen MR) is 55.3 cm³/mol. The SMILES string of the molecule is FC(F)(F)c1ccc(NCc2ccon2)cc1. The highest BCUT2D eigenvalue weighted by Gasteiger charge is 2.29. The van der Waals surface area contributed by atoms with Gasteiger partial charge < -0.3 is 9.84 Å². The molecule has 0 radical (unpaired) electrons. The molecule has 0 atom stereocenters. The maximum absolute atomic E-state index is 12.3. The van der Waals surface area contributed by atoms with Crippen LogP contribution in [0.4, 0.5) is 18.9 Å².